The molecule has 2 aromatic rings. The molecule has 5 heteroatoms. The number of hydrogen-bond donors (Lipinski definition) is 1. The van der Waals surface area contributed by atoms with Crippen molar-refractivity contribution in [2.45, 2.75) is 32.7 Å². The number of benzene rings is 1. The summed E-state index contributed by atoms with van der Waals surface area (Å²) in [5.74, 6) is -0.920. The number of aliphatic carboxylic acids is 1. The maximum Gasteiger partial charge on any atom is 0.303 e. The summed E-state index contributed by atoms with van der Waals surface area (Å²) in [6.07, 6.45) is 0.932. The van der Waals surface area contributed by atoms with Gasteiger partial charge in [0.2, 0.25) is 0 Å². The Kier molecular flexibility index (Phi) is 3.94. The van der Waals surface area contributed by atoms with E-state index in [0.29, 0.717) is 12.2 Å². The van der Waals surface area contributed by atoms with Crippen molar-refractivity contribution < 1.29 is 9.90 Å². The van der Waals surface area contributed by atoms with Crippen LogP contribution in [-0.2, 0) is 17.8 Å². The third-order valence-corrected chi connectivity index (χ3v) is 2.94. The third-order valence-electron chi connectivity index (χ3n) is 2.94. The Bertz CT molecular complexity index is 661. The molecule has 0 unspecified atom stereocenters. The van der Waals surface area contributed by atoms with Crippen LogP contribution in [0.3, 0.4) is 0 Å². The lowest BCUT2D eigenvalue weighted by molar-refractivity contribution is -0.136. The van der Waals surface area contributed by atoms with E-state index < -0.39 is 5.97 Å². The van der Waals surface area contributed by atoms with E-state index in [0.717, 1.165) is 17.5 Å². The van der Waals surface area contributed by atoms with Crippen molar-refractivity contribution in [2.24, 2.45) is 0 Å². The number of fused-ring (bicyclic) bond motifs is 1. The van der Waals surface area contributed by atoms with Crippen molar-refractivity contribution in [1.29, 1.82) is 0 Å². The average molecular weight is 260 g/mol. The predicted molar refractivity (Wildman–Crippen MR) is 72.3 cm³/mol. The molecule has 0 bridgehead atoms. The molecule has 0 radical (unpaired) electrons. The fourth-order valence-electron chi connectivity index (χ4n) is 2.08. The van der Waals surface area contributed by atoms with Gasteiger partial charge < -0.3 is 9.67 Å². The number of carboxylic acids is 1. The minimum Gasteiger partial charge on any atom is -0.481 e. The first-order valence-electron chi connectivity index (χ1n) is 6.33. The SMILES string of the molecule is CCCn1c(=O)c(CCC(=O)O)nc2ccccc21. The average Bonchev–Trinajstić information content (AvgIpc) is 2.40. The minimum absolute atomic E-state index is 0.0767. The van der Waals surface area contributed by atoms with Crippen LogP contribution in [-0.4, -0.2) is 20.6 Å². The highest BCUT2D eigenvalue weighted by molar-refractivity contribution is 5.74. The Labute approximate surface area is 110 Å². The normalized spacial score (nSPS) is 10.8. The number of nitrogens with zero attached hydrogens (tertiary/aromatic N) is 2. The van der Waals surface area contributed by atoms with Crippen molar-refractivity contribution in [2.75, 3.05) is 0 Å². The second kappa shape index (κ2) is 5.65. The van der Waals surface area contributed by atoms with E-state index in [-0.39, 0.29) is 18.4 Å². The molecule has 0 saturated heterocycles. The number of aromatic nitrogens is 2. The zero-order chi connectivity index (χ0) is 13.8. The molecule has 0 amide bonds. The van der Waals surface area contributed by atoms with Crippen molar-refractivity contribution in [3.8, 4) is 0 Å². The van der Waals surface area contributed by atoms with E-state index in [1.54, 1.807) is 4.57 Å². The summed E-state index contributed by atoms with van der Waals surface area (Å²) in [6, 6.07) is 7.43. The largest absolute Gasteiger partial charge is 0.481 e. The second-order valence-electron chi connectivity index (χ2n) is 4.40. The smallest absolute Gasteiger partial charge is 0.303 e. The lowest BCUT2D eigenvalue weighted by Gasteiger charge is -2.10. The van der Waals surface area contributed by atoms with Crippen molar-refractivity contribution in [3.05, 3.63) is 40.3 Å². The van der Waals surface area contributed by atoms with Gasteiger partial charge in [-0.1, -0.05) is 19.1 Å². The van der Waals surface area contributed by atoms with Crippen LogP contribution in [0, 0.1) is 0 Å². The molecule has 1 heterocycles. The van der Waals surface area contributed by atoms with Crippen LogP contribution >= 0.6 is 0 Å². The zero-order valence-corrected chi connectivity index (χ0v) is 10.8. The van der Waals surface area contributed by atoms with Gasteiger partial charge in [-0.15, -0.1) is 0 Å². The maximum absolute atomic E-state index is 12.3. The van der Waals surface area contributed by atoms with Crippen LogP contribution in [0.4, 0.5) is 0 Å². The van der Waals surface area contributed by atoms with Gasteiger partial charge in [-0.05, 0) is 18.6 Å². The molecule has 1 N–H and O–H groups in total. The Morgan fingerprint density at radius 3 is 2.79 bits per heavy atom. The summed E-state index contributed by atoms with van der Waals surface area (Å²) >= 11 is 0. The summed E-state index contributed by atoms with van der Waals surface area (Å²) in [5, 5.41) is 8.72. The minimum atomic E-state index is -0.920. The molecule has 100 valence electrons. The molecule has 0 atom stereocenters. The molecule has 0 fully saturated rings. The van der Waals surface area contributed by atoms with Gasteiger partial charge in [0.1, 0.15) is 5.69 Å². The number of aryl methyl sites for hydroxylation is 2. The zero-order valence-electron chi connectivity index (χ0n) is 10.8. The molecule has 1 aromatic carbocycles. The van der Waals surface area contributed by atoms with Crippen molar-refractivity contribution >= 4 is 17.0 Å². The summed E-state index contributed by atoms with van der Waals surface area (Å²) < 4.78 is 1.68. The van der Waals surface area contributed by atoms with Gasteiger partial charge in [0, 0.05) is 13.0 Å². The third kappa shape index (κ3) is 2.81. The molecule has 0 aliphatic heterocycles. The fraction of sp³-hybridized carbons (Fsp3) is 0.357. The van der Waals surface area contributed by atoms with Crippen LogP contribution in [0.2, 0.25) is 0 Å². The Morgan fingerprint density at radius 1 is 1.37 bits per heavy atom. The molecule has 0 spiro atoms. The maximum atomic E-state index is 12.3. The quantitative estimate of drug-likeness (QED) is 0.890. The Balaban J connectivity index is 2.56. The van der Waals surface area contributed by atoms with E-state index in [1.165, 1.54) is 0 Å². The molecular formula is C14H16N2O3. The molecule has 0 aliphatic carbocycles. The van der Waals surface area contributed by atoms with Crippen LogP contribution < -0.4 is 5.56 Å². The molecule has 5 nitrogen and oxygen atoms in total. The first-order chi connectivity index (χ1) is 9.13. The Morgan fingerprint density at radius 2 is 2.11 bits per heavy atom. The van der Waals surface area contributed by atoms with E-state index >= 15 is 0 Å². The molecule has 2 rings (SSSR count). The van der Waals surface area contributed by atoms with E-state index in [9.17, 15) is 9.59 Å². The van der Waals surface area contributed by atoms with Crippen LogP contribution in [0.25, 0.3) is 11.0 Å². The highest BCUT2D eigenvalue weighted by Crippen LogP contribution is 2.11. The van der Waals surface area contributed by atoms with Gasteiger partial charge in [-0.3, -0.25) is 9.59 Å². The first kappa shape index (κ1) is 13.3. The lowest BCUT2D eigenvalue weighted by Crippen LogP contribution is -2.26. The standard InChI is InChI=1S/C14H16N2O3/c1-2-9-16-12-6-4-3-5-10(12)15-11(14(16)19)7-8-13(17)18/h3-6H,2,7-9H2,1H3,(H,17,18). The summed E-state index contributed by atoms with van der Waals surface area (Å²) in [5.41, 5.74) is 1.68. The molecule has 0 aliphatic rings. The molecular weight excluding hydrogens is 244 g/mol. The summed E-state index contributed by atoms with van der Waals surface area (Å²) in [7, 11) is 0. The van der Waals surface area contributed by atoms with Crippen LogP contribution in [0.5, 0.6) is 0 Å². The highest BCUT2D eigenvalue weighted by Gasteiger charge is 2.11. The van der Waals surface area contributed by atoms with Gasteiger partial charge in [-0.25, -0.2) is 4.98 Å². The van der Waals surface area contributed by atoms with Gasteiger partial charge in [-0.2, -0.15) is 0 Å². The first-order valence-corrected chi connectivity index (χ1v) is 6.33. The number of carboxylic acid groups (broad SMARTS) is 1. The number of carbonyl (C=O) groups is 1. The monoisotopic (exact) mass is 260 g/mol. The highest BCUT2D eigenvalue weighted by atomic mass is 16.4. The molecule has 0 saturated carbocycles. The van der Waals surface area contributed by atoms with Crippen molar-refractivity contribution in [1.82, 2.24) is 9.55 Å². The van der Waals surface area contributed by atoms with Crippen molar-refractivity contribution in [3.63, 3.8) is 0 Å². The lowest BCUT2D eigenvalue weighted by atomic mass is 10.2. The van der Waals surface area contributed by atoms with E-state index in [2.05, 4.69) is 4.98 Å². The molecule has 19 heavy (non-hydrogen) atoms. The second-order valence-corrected chi connectivity index (χ2v) is 4.40. The van der Waals surface area contributed by atoms with Gasteiger partial charge >= 0.3 is 5.97 Å². The number of rotatable bonds is 5. The van der Waals surface area contributed by atoms with Gasteiger partial charge in [0.05, 0.1) is 17.5 Å². The summed E-state index contributed by atoms with van der Waals surface area (Å²) in [6.45, 7) is 2.61. The summed E-state index contributed by atoms with van der Waals surface area (Å²) in [4.78, 5) is 27.2. The topological polar surface area (TPSA) is 72.2 Å². The number of hydrogen-bond acceptors (Lipinski definition) is 3. The number of para-hydroxylation sites is 2. The van der Waals surface area contributed by atoms with E-state index in [1.807, 2.05) is 31.2 Å². The molecule has 1 aromatic heterocycles. The van der Waals surface area contributed by atoms with Crippen LogP contribution in [0.1, 0.15) is 25.5 Å². The van der Waals surface area contributed by atoms with E-state index in [4.69, 9.17) is 5.11 Å². The van der Waals surface area contributed by atoms with Gasteiger partial charge in [0.25, 0.3) is 5.56 Å². The Hall–Kier alpha value is -2.17. The van der Waals surface area contributed by atoms with Gasteiger partial charge in [0.15, 0.2) is 0 Å². The van der Waals surface area contributed by atoms with Crippen LogP contribution in [0.15, 0.2) is 29.1 Å². The predicted octanol–water partition coefficient (Wildman–Crippen LogP) is 1.82. The fourth-order valence-corrected chi connectivity index (χ4v) is 2.08.